The van der Waals surface area contributed by atoms with Gasteiger partial charge in [0.2, 0.25) is 5.91 Å². The number of benzene rings is 1. The molecule has 0 aromatic heterocycles. The summed E-state index contributed by atoms with van der Waals surface area (Å²) in [6.07, 6.45) is 0.849. The maximum Gasteiger partial charge on any atom is 0.232 e. The Bertz CT molecular complexity index is 540. The zero-order chi connectivity index (χ0) is 15.6. The van der Waals surface area contributed by atoms with Crippen molar-refractivity contribution in [3.8, 4) is 0 Å². The molecule has 1 amide bonds. The van der Waals surface area contributed by atoms with Crippen molar-refractivity contribution in [2.75, 3.05) is 18.8 Å². The SMILES string of the molecule is CC1(C)CN(C(=O)CSc2cc(Cl)ccc2Cl)CCC1N.Cl. The third kappa shape index (κ3) is 4.93. The van der Waals surface area contributed by atoms with Crippen molar-refractivity contribution in [3.63, 3.8) is 0 Å². The molecule has 1 heterocycles. The molecule has 22 heavy (non-hydrogen) atoms. The molecule has 2 rings (SSSR count). The fourth-order valence-corrected chi connectivity index (χ4v) is 3.80. The number of thioether (sulfide) groups is 1. The second kappa shape index (κ2) is 8.11. The normalized spacial score (nSPS) is 20.4. The summed E-state index contributed by atoms with van der Waals surface area (Å²) in [6.45, 7) is 5.65. The molecule has 1 aromatic rings. The summed E-state index contributed by atoms with van der Waals surface area (Å²) in [5.41, 5.74) is 6.07. The summed E-state index contributed by atoms with van der Waals surface area (Å²) in [5, 5.41) is 1.25. The van der Waals surface area contributed by atoms with Gasteiger partial charge in [-0.15, -0.1) is 24.2 Å². The minimum absolute atomic E-state index is 0. The first-order valence-electron chi connectivity index (χ1n) is 6.91. The number of rotatable bonds is 3. The van der Waals surface area contributed by atoms with Gasteiger partial charge < -0.3 is 10.6 Å². The largest absolute Gasteiger partial charge is 0.341 e. The lowest BCUT2D eigenvalue weighted by atomic mass is 9.80. The van der Waals surface area contributed by atoms with E-state index in [2.05, 4.69) is 13.8 Å². The van der Waals surface area contributed by atoms with Crippen LogP contribution in [0.5, 0.6) is 0 Å². The van der Waals surface area contributed by atoms with Crippen LogP contribution in [0.1, 0.15) is 20.3 Å². The topological polar surface area (TPSA) is 46.3 Å². The monoisotopic (exact) mass is 382 g/mol. The van der Waals surface area contributed by atoms with Gasteiger partial charge in [-0.3, -0.25) is 4.79 Å². The Hall–Kier alpha value is -0.130. The molecular weight excluding hydrogens is 363 g/mol. The lowest BCUT2D eigenvalue weighted by Crippen LogP contribution is -2.54. The highest BCUT2D eigenvalue weighted by Gasteiger charge is 2.35. The molecule has 3 nitrogen and oxygen atoms in total. The minimum atomic E-state index is -0.0354. The quantitative estimate of drug-likeness (QED) is 0.800. The Balaban J connectivity index is 0.00000242. The van der Waals surface area contributed by atoms with Gasteiger partial charge in [0.25, 0.3) is 0 Å². The lowest BCUT2D eigenvalue weighted by molar-refractivity contribution is -0.131. The van der Waals surface area contributed by atoms with Gasteiger partial charge in [-0.2, -0.15) is 0 Å². The van der Waals surface area contributed by atoms with Gasteiger partial charge in [-0.05, 0) is 30.0 Å². The molecule has 1 atom stereocenters. The first kappa shape index (κ1) is 19.9. The predicted molar refractivity (Wildman–Crippen MR) is 97.4 cm³/mol. The molecule has 0 radical (unpaired) electrons. The van der Waals surface area contributed by atoms with E-state index in [1.165, 1.54) is 11.8 Å². The summed E-state index contributed by atoms with van der Waals surface area (Å²) in [6, 6.07) is 5.43. The summed E-state index contributed by atoms with van der Waals surface area (Å²) >= 11 is 13.5. The molecule has 0 spiro atoms. The number of halogens is 3. The number of carbonyl (C=O) groups is 1. The maximum atomic E-state index is 12.4. The Morgan fingerprint density at radius 1 is 1.45 bits per heavy atom. The lowest BCUT2D eigenvalue weighted by Gasteiger charge is -2.42. The van der Waals surface area contributed by atoms with Crippen LogP contribution in [-0.4, -0.2) is 35.7 Å². The molecule has 0 bridgehead atoms. The van der Waals surface area contributed by atoms with E-state index in [0.717, 1.165) is 17.9 Å². The fraction of sp³-hybridized carbons (Fsp3) is 0.533. The highest BCUT2D eigenvalue weighted by atomic mass is 35.5. The van der Waals surface area contributed by atoms with Crippen LogP contribution in [0, 0.1) is 5.41 Å². The van der Waals surface area contributed by atoms with Crippen molar-refractivity contribution in [2.24, 2.45) is 11.1 Å². The van der Waals surface area contributed by atoms with Gasteiger partial charge in [0, 0.05) is 29.0 Å². The van der Waals surface area contributed by atoms with Crippen molar-refractivity contribution >= 4 is 53.3 Å². The van der Waals surface area contributed by atoms with E-state index < -0.39 is 0 Å². The van der Waals surface area contributed by atoms with E-state index in [9.17, 15) is 4.79 Å². The number of nitrogens with two attached hydrogens (primary N) is 1. The fourth-order valence-electron chi connectivity index (χ4n) is 2.41. The Morgan fingerprint density at radius 3 is 2.77 bits per heavy atom. The van der Waals surface area contributed by atoms with Crippen molar-refractivity contribution in [1.29, 1.82) is 0 Å². The van der Waals surface area contributed by atoms with Gasteiger partial charge in [-0.1, -0.05) is 37.0 Å². The molecule has 0 aliphatic carbocycles. The van der Waals surface area contributed by atoms with Crippen LogP contribution >= 0.6 is 47.4 Å². The smallest absolute Gasteiger partial charge is 0.232 e. The van der Waals surface area contributed by atoms with Crippen LogP contribution in [-0.2, 0) is 4.79 Å². The summed E-state index contributed by atoms with van der Waals surface area (Å²) in [5.74, 6) is 0.488. The average molecular weight is 384 g/mol. The first-order chi connectivity index (χ1) is 9.79. The van der Waals surface area contributed by atoms with Crippen LogP contribution in [0.3, 0.4) is 0 Å². The Labute approximate surface area is 152 Å². The molecule has 1 aromatic carbocycles. The van der Waals surface area contributed by atoms with E-state index in [0.29, 0.717) is 22.3 Å². The number of nitrogens with zero attached hydrogens (tertiary/aromatic N) is 1. The molecule has 1 unspecified atom stereocenters. The number of likely N-dealkylation sites (tertiary alicyclic amines) is 1. The van der Waals surface area contributed by atoms with Crippen molar-refractivity contribution in [3.05, 3.63) is 28.2 Å². The number of carbonyl (C=O) groups excluding carboxylic acids is 1. The van der Waals surface area contributed by atoms with E-state index >= 15 is 0 Å². The van der Waals surface area contributed by atoms with Crippen molar-refractivity contribution in [1.82, 2.24) is 4.90 Å². The third-order valence-electron chi connectivity index (χ3n) is 3.91. The average Bonchev–Trinajstić information content (AvgIpc) is 2.42. The second-order valence-corrected chi connectivity index (χ2v) is 7.92. The van der Waals surface area contributed by atoms with Gasteiger partial charge in [-0.25, -0.2) is 0 Å². The molecule has 1 aliphatic heterocycles. The Morgan fingerprint density at radius 2 is 2.14 bits per heavy atom. The number of hydrogen-bond donors (Lipinski definition) is 1. The van der Waals surface area contributed by atoms with Gasteiger partial charge in [0.05, 0.1) is 10.8 Å². The third-order valence-corrected chi connectivity index (χ3v) is 5.63. The molecule has 0 saturated carbocycles. The molecular formula is C15H21Cl3N2OS. The molecule has 1 fully saturated rings. The van der Waals surface area contributed by atoms with Crippen LogP contribution in [0.2, 0.25) is 10.0 Å². The van der Waals surface area contributed by atoms with Crippen molar-refractivity contribution in [2.45, 2.75) is 31.2 Å². The zero-order valence-electron chi connectivity index (χ0n) is 12.6. The maximum absolute atomic E-state index is 12.4. The van der Waals surface area contributed by atoms with Gasteiger partial charge in [0.1, 0.15) is 0 Å². The number of amides is 1. The molecule has 7 heteroatoms. The first-order valence-corrected chi connectivity index (χ1v) is 8.65. The van der Waals surface area contributed by atoms with Gasteiger partial charge in [0.15, 0.2) is 0 Å². The summed E-state index contributed by atoms with van der Waals surface area (Å²) in [4.78, 5) is 15.1. The van der Waals surface area contributed by atoms with Crippen LogP contribution in [0.25, 0.3) is 0 Å². The van der Waals surface area contributed by atoms with E-state index in [1.54, 1.807) is 18.2 Å². The van der Waals surface area contributed by atoms with Gasteiger partial charge >= 0.3 is 0 Å². The molecule has 1 saturated heterocycles. The highest BCUT2D eigenvalue weighted by molar-refractivity contribution is 8.00. The zero-order valence-corrected chi connectivity index (χ0v) is 15.8. The van der Waals surface area contributed by atoms with E-state index in [-0.39, 0.29) is 29.8 Å². The molecule has 1 aliphatic rings. The second-order valence-electron chi connectivity index (χ2n) is 6.06. The van der Waals surface area contributed by atoms with Crippen LogP contribution in [0.4, 0.5) is 0 Å². The Kier molecular flexibility index (Phi) is 7.34. The highest BCUT2D eigenvalue weighted by Crippen LogP contribution is 2.31. The van der Waals surface area contributed by atoms with Crippen LogP contribution < -0.4 is 5.73 Å². The summed E-state index contributed by atoms with van der Waals surface area (Å²) < 4.78 is 0. The number of piperidine rings is 1. The summed E-state index contributed by atoms with van der Waals surface area (Å²) in [7, 11) is 0. The number of hydrogen-bond acceptors (Lipinski definition) is 3. The molecule has 124 valence electrons. The van der Waals surface area contributed by atoms with E-state index in [1.807, 2.05) is 4.90 Å². The standard InChI is InChI=1S/C15H20Cl2N2OS.ClH/c1-15(2)9-19(6-5-13(15)18)14(20)8-21-12-7-10(16)3-4-11(12)17;/h3-4,7,13H,5-6,8-9,18H2,1-2H3;1H. The van der Waals surface area contributed by atoms with Crippen LogP contribution in [0.15, 0.2) is 23.1 Å². The minimum Gasteiger partial charge on any atom is -0.341 e. The van der Waals surface area contributed by atoms with Crippen molar-refractivity contribution < 1.29 is 4.79 Å². The van der Waals surface area contributed by atoms with E-state index in [4.69, 9.17) is 28.9 Å². The molecule has 2 N–H and O–H groups in total. The predicted octanol–water partition coefficient (Wildman–Crippen LogP) is 4.09.